The van der Waals surface area contributed by atoms with Gasteiger partial charge in [-0.15, -0.1) is 0 Å². The van der Waals surface area contributed by atoms with Crippen molar-refractivity contribution in [3.8, 4) is 22.8 Å². The molecule has 2 saturated carbocycles. The van der Waals surface area contributed by atoms with Gasteiger partial charge in [0.1, 0.15) is 33.5 Å². The number of carbonyl (C=O) groups excluding carboxylic acids is 2. The van der Waals surface area contributed by atoms with Gasteiger partial charge in [-0.1, -0.05) is 11.6 Å². The molecule has 0 saturated heterocycles. The number of nitrogens with one attached hydrogen (secondary N) is 1. The molecule has 2 amide bonds. The van der Waals surface area contributed by atoms with E-state index in [-0.39, 0.29) is 53.3 Å². The summed E-state index contributed by atoms with van der Waals surface area (Å²) in [5, 5.41) is 20.4. The fourth-order valence-electron chi connectivity index (χ4n) is 5.47. The van der Waals surface area contributed by atoms with Crippen molar-refractivity contribution in [3.63, 3.8) is 0 Å². The number of amides is 2. The summed E-state index contributed by atoms with van der Waals surface area (Å²) in [4.78, 5) is 34.0. The van der Waals surface area contributed by atoms with Gasteiger partial charge in [-0.2, -0.15) is 5.10 Å². The number of rotatable bonds is 12. The third kappa shape index (κ3) is 5.79. The Bertz CT molecular complexity index is 1770. The van der Waals surface area contributed by atoms with Crippen molar-refractivity contribution in [2.24, 2.45) is 11.7 Å². The number of fused-ring (bicyclic) bond motifs is 1. The van der Waals surface area contributed by atoms with E-state index < -0.39 is 23.2 Å². The van der Waals surface area contributed by atoms with Crippen LogP contribution in [0.3, 0.4) is 0 Å². The van der Waals surface area contributed by atoms with Gasteiger partial charge in [0.15, 0.2) is 5.82 Å². The van der Waals surface area contributed by atoms with Gasteiger partial charge in [-0.25, -0.2) is 14.4 Å². The first-order chi connectivity index (χ1) is 21.1. The maximum Gasteiger partial charge on any atom is 0.251 e. The minimum absolute atomic E-state index is 0.0182. The second-order valence-corrected chi connectivity index (χ2v) is 11.6. The molecular weight excluding hydrogens is 591 g/mol. The molecule has 44 heavy (non-hydrogen) atoms. The highest BCUT2D eigenvalue weighted by atomic mass is 35.5. The van der Waals surface area contributed by atoms with Gasteiger partial charge >= 0.3 is 0 Å². The molecule has 230 valence electrons. The summed E-state index contributed by atoms with van der Waals surface area (Å²) in [6.45, 7) is 1.73. The predicted octanol–water partition coefficient (Wildman–Crippen LogP) is 4.08. The minimum Gasteiger partial charge on any atom is -0.494 e. The van der Waals surface area contributed by atoms with E-state index in [1.807, 2.05) is 10.9 Å². The number of aromatic nitrogens is 4. The average Bonchev–Trinajstić information content (AvgIpc) is 3.94. The molecule has 3 aromatic heterocycles. The Morgan fingerprint density at radius 3 is 2.66 bits per heavy atom. The zero-order valence-electron chi connectivity index (χ0n) is 24.3. The van der Waals surface area contributed by atoms with E-state index in [9.17, 15) is 14.7 Å². The van der Waals surface area contributed by atoms with Crippen LogP contribution in [0.2, 0.25) is 5.15 Å². The first-order valence-electron chi connectivity index (χ1n) is 14.5. The molecule has 11 nitrogen and oxygen atoms in total. The number of methoxy groups -OCH3 is 1. The smallest absolute Gasteiger partial charge is 0.251 e. The number of benzene rings is 1. The lowest BCUT2D eigenvalue weighted by atomic mass is 9.90. The lowest BCUT2D eigenvalue weighted by Crippen LogP contribution is -2.43. The molecule has 4 aromatic rings. The van der Waals surface area contributed by atoms with Crippen molar-refractivity contribution >= 4 is 34.3 Å². The Morgan fingerprint density at radius 1 is 1.23 bits per heavy atom. The number of nitrogens with zero attached hydrogens (tertiary/aromatic N) is 4. The van der Waals surface area contributed by atoms with Gasteiger partial charge in [0, 0.05) is 28.3 Å². The van der Waals surface area contributed by atoms with E-state index >= 15 is 4.39 Å². The largest absolute Gasteiger partial charge is 0.494 e. The first kappa shape index (κ1) is 29.8. The molecule has 0 aliphatic heterocycles. The summed E-state index contributed by atoms with van der Waals surface area (Å²) in [7, 11) is 1.52. The molecule has 2 fully saturated rings. The molecule has 1 atom stereocenters. The summed E-state index contributed by atoms with van der Waals surface area (Å²) < 4.78 is 28.3. The molecule has 0 spiro atoms. The maximum atomic E-state index is 15.1. The van der Waals surface area contributed by atoms with Crippen molar-refractivity contribution in [2.45, 2.75) is 50.7 Å². The van der Waals surface area contributed by atoms with Crippen LogP contribution >= 0.6 is 11.6 Å². The van der Waals surface area contributed by atoms with Crippen LogP contribution in [0.1, 0.15) is 60.3 Å². The summed E-state index contributed by atoms with van der Waals surface area (Å²) in [5.41, 5.74) is 5.39. The Kier molecular flexibility index (Phi) is 7.89. The number of hydrogen-bond acceptors (Lipinski definition) is 8. The first-order valence-corrected chi connectivity index (χ1v) is 14.8. The summed E-state index contributed by atoms with van der Waals surface area (Å²) in [5.74, 6) is -1.44. The van der Waals surface area contributed by atoms with Crippen molar-refractivity contribution in [3.05, 3.63) is 64.5 Å². The zero-order valence-corrected chi connectivity index (χ0v) is 25.0. The lowest BCUT2D eigenvalue weighted by molar-refractivity contribution is -0.117. The molecule has 0 unspecified atom stereocenters. The van der Waals surface area contributed by atoms with Crippen molar-refractivity contribution < 1.29 is 28.6 Å². The third-order valence-corrected chi connectivity index (χ3v) is 8.20. The van der Waals surface area contributed by atoms with Crippen molar-refractivity contribution in [1.29, 1.82) is 0 Å². The number of nitrogens with two attached hydrogens (primary N) is 1. The molecule has 6 rings (SSSR count). The molecule has 0 bridgehead atoms. The minimum atomic E-state index is -1.65. The molecule has 3 heterocycles. The Labute approximate surface area is 257 Å². The Morgan fingerprint density at radius 2 is 2.00 bits per heavy atom. The number of primary amides is 1. The standard InChI is InChI=1S/C31H32ClFN6O5/c1-3-44-29-16(11-26(34)40)10-24(37-28(29)21-12-25(32)35-13-22(21)33)31(42,19-4-5-19)15-36-30(41)17-8-18-14-39(20-6-7-20)38-27(18)23(9-17)43-2/h8-10,12-14,19-20,42H,3-7,11,15H2,1-2H3,(H2,34,40)(H,36,41)/t31-/m1/s1. The Balaban J connectivity index is 1.37. The van der Waals surface area contributed by atoms with Gasteiger partial charge in [-0.05, 0) is 62.8 Å². The van der Waals surface area contributed by atoms with Crippen LogP contribution in [-0.4, -0.2) is 56.9 Å². The number of carbonyl (C=O) groups is 2. The maximum absolute atomic E-state index is 15.1. The van der Waals surface area contributed by atoms with Crippen LogP contribution in [0.5, 0.6) is 11.5 Å². The van der Waals surface area contributed by atoms with Gasteiger partial charge in [0.05, 0.1) is 44.6 Å². The van der Waals surface area contributed by atoms with Crippen LogP contribution < -0.4 is 20.5 Å². The number of hydrogen-bond donors (Lipinski definition) is 3. The average molecular weight is 623 g/mol. The molecule has 0 radical (unpaired) electrons. The normalized spacial score (nSPS) is 16.0. The van der Waals surface area contributed by atoms with E-state index in [4.69, 9.17) is 26.8 Å². The van der Waals surface area contributed by atoms with Crippen molar-refractivity contribution in [2.75, 3.05) is 20.3 Å². The summed E-state index contributed by atoms with van der Waals surface area (Å²) >= 11 is 6.10. The van der Waals surface area contributed by atoms with Gasteiger partial charge in [0.2, 0.25) is 5.91 Å². The van der Waals surface area contributed by atoms with Crippen LogP contribution in [0.15, 0.2) is 36.7 Å². The van der Waals surface area contributed by atoms with E-state index in [2.05, 4.69) is 20.4 Å². The van der Waals surface area contributed by atoms with E-state index in [0.717, 1.165) is 24.4 Å². The molecule has 4 N–H and O–H groups in total. The summed E-state index contributed by atoms with van der Waals surface area (Å²) in [6, 6.07) is 6.55. The third-order valence-electron chi connectivity index (χ3n) is 7.99. The van der Waals surface area contributed by atoms with Crippen LogP contribution in [0.4, 0.5) is 4.39 Å². The van der Waals surface area contributed by atoms with E-state index in [1.54, 1.807) is 19.1 Å². The quantitative estimate of drug-likeness (QED) is 0.200. The molecule has 1 aromatic carbocycles. The fourth-order valence-corrected chi connectivity index (χ4v) is 5.62. The SMILES string of the molecule is CCOc1c(CC(N)=O)cc([C@@](O)(CNC(=O)c2cc(OC)c3nn(C4CC4)cc3c2)C2CC2)nc1-c1cc(Cl)ncc1F. The lowest BCUT2D eigenvalue weighted by Gasteiger charge is -2.30. The van der Waals surface area contributed by atoms with Gasteiger partial charge < -0.3 is 25.6 Å². The van der Waals surface area contributed by atoms with E-state index in [0.29, 0.717) is 41.3 Å². The summed E-state index contributed by atoms with van der Waals surface area (Å²) in [6.07, 6.45) is 6.10. The number of pyridine rings is 2. The highest BCUT2D eigenvalue weighted by Gasteiger charge is 2.47. The second-order valence-electron chi connectivity index (χ2n) is 11.2. The Hall–Kier alpha value is -4.29. The monoisotopic (exact) mass is 622 g/mol. The number of aliphatic hydroxyl groups is 1. The second kappa shape index (κ2) is 11.7. The molecular formula is C31H32ClFN6O5. The highest BCUT2D eigenvalue weighted by molar-refractivity contribution is 6.29. The molecule has 2 aliphatic rings. The van der Waals surface area contributed by atoms with E-state index in [1.165, 1.54) is 19.2 Å². The van der Waals surface area contributed by atoms with Crippen LogP contribution in [0.25, 0.3) is 22.2 Å². The van der Waals surface area contributed by atoms with Gasteiger partial charge in [-0.3, -0.25) is 14.3 Å². The zero-order chi connectivity index (χ0) is 31.2. The predicted molar refractivity (Wildman–Crippen MR) is 160 cm³/mol. The molecule has 2 aliphatic carbocycles. The fraction of sp³-hybridized carbons (Fsp3) is 0.387. The van der Waals surface area contributed by atoms with Gasteiger partial charge in [0.25, 0.3) is 5.91 Å². The number of ether oxygens (including phenoxy) is 2. The number of halogens is 2. The highest BCUT2D eigenvalue weighted by Crippen LogP contribution is 2.47. The molecule has 13 heteroatoms. The van der Waals surface area contributed by atoms with Crippen LogP contribution in [-0.2, 0) is 16.8 Å². The topological polar surface area (TPSA) is 154 Å². The van der Waals surface area contributed by atoms with Crippen molar-refractivity contribution in [1.82, 2.24) is 25.1 Å². The van der Waals surface area contributed by atoms with Crippen LogP contribution in [0, 0.1) is 11.7 Å².